The van der Waals surface area contributed by atoms with Crippen LogP contribution >= 0.6 is 0 Å². The number of benzene rings is 2. The van der Waals surface area contributed by atoms with Crippen molar-refractivity contribution in [2.75, 3.05) is 18.5 Å². The van der Waals surface area contributed by atoms with E-state index < -0.39 is 11.9 Å². The van der Waals surface area contributed by atoms with Crippen molar-refractivity contribution < 1.29 is 14.7 Å². The molecule has 1 aromatic heterocycles. The molecule has 0 saturated heterocycles. The van der Waals surface area contributed by atoms with Crippen LogP contribution in [0.1, 0.15) is 29.3 Å². The van der Waals surface area contributed by atoms with Crippen LogP contribution in [0.4, 0.5) is 5.82 Å². The molecule has 28 heavy (non-hydrogen) atoms. The first-order valence-electron chi connectivity index (χ1n) is 9.16. The lowest BCUT2D eigenvalue weighted by molar-refractivity contribution is -0.135. The number of pyridine rings is 1. The lowest BCUT2D eigenvalue weighted by atomic mass is 9.97. The van der Waals surface area contributed by atoms with Crippen molar-refractivity contribution in [3.05, 3.63) is 59.7 Å². The summed E-state index contributed by atoms with van der Waals surface area (Å²) in [5.41, 5.74) is 9.57. The summed E-state index contributed by atoms with van der Waals surface area (Å²) in [5, 5.41) is 10.1. The van der Waals surface area contributed by atoms with E-state index in [1.54, 1.807) is 30.1 Å². The summed E-state index contributed by atoms with van der Waals surface area (Å²) in [5.74, 6) is -0.868. The zero-order chi connectivity index (χ0) is 20.3. The summed E-state index contributed by atoms with van der Waals surface area (Å²) < 4.78 is 0. The number of aliphatic carboxylic acids is 1. The summed E-state index contributed by atoms with van der Waals surface area (Å²) in [6.07, 6.45) is 1.99. The van der Waals surface area contributed by atoms with Crippen LogP contribution in [0.5, 0.6) is 0 Å². The van der Waals surface area contributed by atoms with Crippen molar-refractivity contribution in [3.63, 3.8) is 0 Å². The number of aromatic nitrogens is 1. The molecule has 1 heterocycles. The van der Waals surface area contributed by atoms with Gasteiger partial charge in [-0.3, -0.25) is 9.59 Å². The molecule has 0 aliphatic rings. The van der Waals surface area contributed by atoms with Gasteiger partial charge in [0.05, 0.1) is 5.52 Å². The van der Waals surface area contributed by atoms with Gasteiger partial charge in [0.2, 0.25) is 5.91 Å². The predicted molar refractivity (Wildman–Crippen MR) is 111 cm³/mol. The molecule has 1 amide bonds. The van der Waals surface area contributed by atoms with Gasteiger partial charge in [0, 0.05) is 18.0 Å². The van der Waals surface area contributed by atoms with Gasteiger partial charge in [0.1, 0.15) is 12.4 Å². The number of nitrogens with two attached hydrogens (primary N) is 1. The Morgan fingerprint density at radius 3 is 2.61 bits per heavy atom. The van der Waals surface area contributed by atoms with Gasteiger partial charge >= 0.3 is 5.97 Å². The van der Waals surface area contributed by atoms with Crippen molar-refractivity contribution in [2.24, 2.45) is 5.73 Å². The molecule has 3 aromatic rings. The average Bonchev–Trinajstić information content (AvgIpc) is 2.67. The number of hydrogen-bond acceptors (Lipinski definition) is 4. The Hall–Kier alpha value is -3.41. The minimum atomic E-state index is -0.931. The third kappa shape index (κ3) is 4.11. The average molecular weight is 377 g/mol. The molecule has 6 heteroatoms. The lowest BCUT2D eigenvalue weighted by Crippen LogP contribution is -2.26. The minimum absolute atomic E-state index is 0.160. The monoisotopic (exact) mass is 377 g/mol. The number of anilines is 1. The number of carboxylic acid groups (broad SMARTS) is 1. The van der Waals surface area contributed by atoms with Gasteiger partial charge in [-0.15, -0.1) is 0 Å². The Balaban J connectivity index is 2.23. The van der Waals surface area contributed by atoms with Crippen LogP contribution in [-0.2, 0) is 11.2 Å². The van der Waals surface area contributed by atoms with Crippen LogP contribution in [0, 0.1) is 0 Å². The van der Waals surface area contributed by atoms with Crippen LogP contribution < -0.4 is 10.6 Å². The molecular weight excluding hydrogens is 354 g/mol. The van der Waals surface area contributed by atoms with Crippen LogP contribution in [0.2, 0.25) is 0 Å². The number of carbonyl (C=O) groups excluding carboxylic acids is 1. The zero-order valence-corrected chi connectivity index (χ0v) is 16.0. The molecule has 6 nitrogen and oxygen atoms in total. The first-order valence-corrected chi connectivity index (χ1v) is 9.16. The maximum atomic E-state index is 11.6. The standard InChI is InChI=1S/C22H23N3O3/c1-3-5-14-8-9-19-18(10-14)17(12-20(24-19)25(2)13-21(26)27)15-6-4-7-16(11-15)22(23)28/h4,6-12H,3,5,13H2,1-2H3,(H2,23,28)(H,26,27). The molecule has 2 aromatic carbocycles. The molecule has 0 spiro atoms. The van der Waals surface area contributed by atoms with E-state index >= 15 is 0 Å². The Kier molecular flexibility index (Phi) is 5.59. The molecule has 0 atom stereocenters. The van der Waals surface area contributed by atoms with Gasteiger partial charge in [-0.2, -0.15) is 0 Å². The minimum Gasteiger partial charge on any atom is -0.480 e. The second-order valence-corrected chi connectivity index (χ2v) is 6.82. The fourth-order valence-corrected chi connectivity index (χ4v) is 3.26. The van der Waals surface area contributed by atoms with Crippen molar-refractivity contribution >= 4 is 28.6 Å². The Morgan fingerprint density at radius 2 is 1.93 bits per heavy atom. The van der Waals surface area contributed by atoms with E-state index in [-0.39, 0.29) is 6.54 Å². The zero-order valence-electron chi connectivity index (χ0n) is 16.0. The number of fused-ring (bicyclic) bond motifs is 1. The van der Waals surface area contributed by atoms with E-state index in [1.807, 2.05) is 24.3 Å². The van der Waals surface area contributed by atoms with Gasteiger partial charge in [-0.05, 0) is 53.4 Å². The third-order valence-corrected chi connectivity index (χ3v) is 4.62. The Morgan fingerprint density at radius 1 is 1.14 bits per heavy atom. The number of carbonyl (C=O) groups is 2. The molecular formula is C22H23N3O3. The van der Waals surface area contributed by atoms with Gasteiger partial charge in [0.15, 0.2) is 0 Å². The molecule has 0 aliphatic heterocycles. The molecule has 0 fully saturated rings. The molecule has 0 unspecified atom stereocenters. The van der Waals surface area contributed by atoms with Crippen LogP contribution in [0.3, 0.4) is 0 Å². The van der Waals surface area contributed by atoms with Crippen LogP contribution in [-0.4, -0.2) is 35.6 Å². The van der Waals surface area contributed by atoms with Crippen molar-refractivity contribution in [3.8, 4) is 11.1 Å². The molecule has 0 saturated carbocycles. The van der Waals surface area contributed by atoms with E-state index in [0.29, 0.717) is 11.4 Å². The SMILES string of the molecule is CCCc1ccc2nc(N(C)CC(=O)O)cc(-c3cccc(C(N)=O)c3)c2c1. The van der Waals surface area contributed by atoms with Gasteiger partial charge in [-0.25, -0.2) is 4.98 Å². The number of likely N-dealkylation sites (N-methyl/N-ethyl adjacent to an activating group) is 1. The third-order valence-electron chi connectivity index (χ3n) is 4.62. The highest BCUT2D eigenvalue weighted by atomic mass is 16.4. The molecule has 0 aliphatic carbocycles. The molecule has 3 rings (SSSR count). The first kappa shape index (κ1) is 19.4. The number of rotatable bonds is 7. The number of aryl methyl sites for hydroxylation is 1. The highest BCUT2D eigenvalue weighted by Gasteiger charge is 2.14. The summed E-state index contributed by atoms with van der Waals surface area (Å²) in [7, 11) is 1.69. The summed E-state index contributed by atoms with van der Waals surface area (Å²) in [4.78, 5) is 29.0. The number of hydrogen-bond donors (Lipinski definition) is 2. The second-order valence-electron chi connectivity index (χ2n) is 6.82. The summed E-state index contributed by atoms with van der Waals surface area (Å²) >= 11 is 0. The second kappa shape index (κ2) is 8.08. The fourth-order valence-electron chi connectivity index (χ4n) is 3.26. The van der Waals surface area contributed by atoms with Crippen molar-refractivity contribution in [2.45, 2.75) is 19.8 Å². The van der Waals surface area contributed by atoms with E-state index in [2.05, 4.69) is 18.0 Å². The Bertz CT molecular complexity index is 1050. The smallest absolute Gasteiger partial charge is 0.323 e. The maximum absolute atomic E-state index is 11.6. The molecule has 144 valence electrons. The van der Waals surface area contributed by atoms with E-state index in [0.717, 1.165) is 34.9 Å². The predicted octanol–water partition coefficient (Wildman–Crippen LogP) is 3.47. The highest BCUT2D eigenvalue weighted by molar-refractivity contribution is 5.99. The Labute approximate surface area is 163 Å². The largest absolute Gasteiger partial charge is 0.480 e. The lowest BCUT2D eigenvalue weighted by Gasteiger charge is -2.19. The topological polar surface area (TPSA) is 96.5 Å². The summed E-state index contributed by atoms with van der Waals surface area (Å²) in [6.45, 7) is 1.97. The fraction of sp³-hybridized carbons (Fsp3) is 0.227. The number of amides is 1. The molecule has 0 bridgehead atoms. The van der Waals surface area contributed by atoms with Crippen molar-refractivity contribution in [1.82, 2.24) is 4.98 Å². The number of primary amides is 1. The van der Waals surface area contributed by atoms with E-state index in [4.69, 9.17) is 10.8 Å². The summed E-state index contributed by atoms with van der Waals surface area (Å²) in [6, 6.07) is 15.1. The molecule has 3 N–H and O–H groups in total. The maximum Gasteiger partial charge on any atom is 0.323 e. The van der Waals surface area contributed by atoms with E-state index in [9.17, 15) is 9.59 Å². The van der Waals surface area contributed by atoms with Crippen LogP contribution in [0.15, 0.2) is 48.5 Å². The van der Waals surface area contributed by atoms with Gasteiger partial charge in [-0.1, -0.05) is 31.5 Å². The van der Waals surface area contributed by atoms with Gasteiger partial charge < -0.3 is 15.7 Å². The van der Waals surface area contributed by atoms with E-state index in [1.165, 1.54) is 5.56 Å². The quantitative estimate of drug-likeness (QED) is 0.657. The normalized spacial score (nSPS) is 10.8. The number of carboxylic acids is 1. The van der Waals surface area contributed by atoms with Crippen LogP contribution in [0.25, 0.3) is 22.0 Å². The molecule has 0 radical (unpaired) electrons. The number of nitrogens with zero attached hydrogens (tertiary/aromatic N) is 2. The highest BCUT2D eigenvalue weighted by Crippen LogP contribution is 2.32. The van der Waals surface area contributed by atoms with Crippen molar-refractivity contribution in [1.29, 1.82) is 0 Å². The first-order chi connectivity index (χ1) is 13.4. The van der Waals surface area contributed by atoms with Gasteiger partial charge in [0.25, 0.3) is 0 Å².